The molecular formula is C16H25NO2S. The molecule has 0 aliphatic carbocycles. The van der Waals surface area contributed by atoms with E-state index in [9.17, 15) is 4.79 Å². The highest BCUT2D eigenvalue weighted by atomic mass is 32.1. The predicted octanol–water partition coefficient (Wildman–Crippen LogP) is 3.44. The third kappa shape index (κ3) is 4.14. The first-order chi connectivity index (χ1) is 9.60. The van der Waals surface area contributed by atoms with E-state index in [4.69, 9.17) is 4.74 Å². The molecule has 0 aromatic carbocycles. The van der Waals surface area contributed by atoms with Crippen molar-refractivity contribution in [3.8, 4) is 0 Å². The first kappa shape index (κ1) is 15.7. The number of Topliss-reactive ketones (excluding diaryl/α,β-unsaturated/α-hetero) is 1. The Kier molecular flexibility index (Phi) is 5.75. The van der Waals surface area contributed by atoms with Crippen molar-refractivity contribution in [1.29, 1.82) is 0 Å². The van der Waals surface area contributed by atoms with Gasteiger partial charge in [0.05, 0.1) is 12.6 Å². The van der Waals surface area contributed by atoms with Crippen LogP contribution in [-0.2, 0) is 4.74 Å². The molecule has 0 N–H and O–H groups in total. The van der Waals surface area contributed by atoms with Gasteiger partial charge in [-0.15, -0.1) is 11.3 Å². The van der Waals surface area contributed by atoms with Gasteiger partial charge in [-0.05, 0) is 45.7 Å². The van der Waals surface area contributed by atoms with Crippen molar-refractivity contribution < 1.29 is 9.53 Å². The summed E-state index contributed by atoms with van der Waals surface area (Å²) in [5, 5.41) is 0. The molecule has 4 heteroatoms. The van der Waals surface area contributed by atoms with Crippen molar-refractivity contribution in [3.63, 3.8) is 0 Å². The highest BCUT2D eigenvalue weighted by Gasteiger charge is 2.23. The molecule has 0 radical (unpaired) electrons. The summed E-state index contributed by atoms with van der Waals surface area (Å²) in [5.41, 5.74) is 0.907. The fourth-order valence-corrected chi connectivity index (χ4v) is 3.72. The number of rotatable bonds is 6. The van der Waals surface area contributed by atoms with Crippen LogP contribution in [0.5, 0.6) is 0 Å². The zero-order valence-corrected chi connectivity index (χ0v) is 13.6. The number of carbonyl (C=O) groups excluding carboxylic acids is 1. The zero-order valence-electron chi connectivity index (χ0n) is 12.8. The maximum atomic E-state index is 12.4. The summed E-state index contributed by atoms with van der Waals surface area (Å²) in [5.74, 6) is 0.253. The van der Waals surface area contributed by atoms with Crippen LogP contribution in [0.25, 0.3) is 0 Å². The van der Waals surface area contributed by atoms with Crippen molar-refractivity contribution in [2.45, 2.75) is 46.1 Å². The lowest BCUT2D eigenvalue weighted by Crippen LogP contribution is -2.42. The van der Waals surface area contributed by atoms with Crippen molar-refractivity contribution in [2.75, 3.05) is 26.2 Å². The number of ketones is 1. The Morgan fingerprint density at radius 3 is 2.95 bits per heavy atom. The van der Waals surface area contributed by atoms with Crippen molar-refractivity contribution in [2.24, 2.45) is 0 Å². The maximum absolute atomic E-state index is 12.4. The molecule has 0 amide bonds. The summed E-state index contributed by atoms with van der Waals surface area (Å²) in [7, 11) is 0. The number of piperidine rings is 1. The van der Waals surface area contributed by atoms with Crippen LogP contribution in [0, 0.1) is 13.8 Å². The minimum atomic E-state index is 0.253. The molecule has 1 aromatic rings. The molecule has 1 fully saturated rings. The van der Waals surface area contributed by atoms with E-state index in [-0.39, 0.29) is 5.78 Å². The lowest BCUT2D eigenvalue weighted by atomic mass is 10.1. The summed E-state index contributed by atoms with van der Waals surface area (Å²) in [6.45, 7) is 9.50. The summed E-state index contributed by atoms with van der Waals surface area (Å²) >= 11 is 1.71. The van der Waals surface area contributed by atoms with Crippen LogP contribution >= 0.6 is 11.3 Å². The second-order valence-electron chi connectivity index (χ2n) is 5.62. The molecule has 0 saturated carbocycles. The Balaban J connectivity index is 1.89. The Morgan fingerprint density at radius 2 is 2.30 bits per heavy atom. The number of thiophene rings is 1. The van der Waals surface area contributed by atoms with Gasteiger partial charge in [-0.25, -0.2) is 0 Å². The average molecular weight is 295 g/mol. The largest absolute Gasteiger partial charge is 0.377 e. The number of carbonyl (C=O) groups is 1. The van der Waals surface area contributed by atoms with Gasteiger partial charge in [0, 0.05) is 28.5 Å². The minimum Gasteiger partial charge on any atom is -0.377 e. The Bertz CT molecular complexity index is 455. The van der Waals surface area contributed by atoms with Crippen LogP contribution in [0.1, 0.15) is 46.3 Å². The third-order valence-electron chi connectivity index (χ3n) is 3.73. The SMILES string of the molecule is CCCOC1CCCN(CC(=O)c2cc(C)sc2C)C1. The zero-order chi connectivity index (χ0) is 14.5. The Morgan fingerprint density at radius 1 is 1.50 bits per heavy atom. The molecule has 0 bridgehead atoms. The van der Waals surface area contributed by atoms with E-state index in [0.717, 1.165) is 49.4 Å². The van der Waals surface area contributed by atoms with Crippen molar-refractivity contribution in [1.82, 2.24) is 4.90 Å². The standard InChI is InChI=1S/C16H25NO2S/c1-4-8-19-14-6-5-7-17(10-14)11-16(18)15-9-12(2)20-13(15)3/h9,14H,4-8,10-11H2,1-3H3. The Hall–Kier alpha value is -0.710. The molecular weight excluding hydrogens is 270 g/mol. The van der Waals surface area contributed by atoms with Gasteiger partial charge in [0.2, 0.25) is 0 Å². The third-order valence-corrected chi connectivity index (χ3v) is 4.69. The van der Waals surface area contributed by atoms with E-state index in [2.05, 4.69) is 18.7 Å². The van der Waals surface area contributed by atoms with E-state index in [1.807, 2.05) is 13.0 Å². The number of ether oxygens (including phenoxy) is 1. The van der Waals surface area contributed by atoms with E-state index in [1.54, 1.807) is 11.3 Å². The molecule has 1 atom stereocenters. The number of aryl methyl sites for hydroxylation is 2. The van der Waals surface area contributed by atoms with E-state index >= 15 is 0 Å². The van der Waals surface area contributed by atoms with Crippen molar-refractivity contribution >= 4 is 17.1 Å². The van der Waals surface area contributed by atoms with Gasteiger partial charge in [0.1, 0.15) is 0 Å². The van der Waals surface area contributed by atoms with Gasteiger partial charge in [0.15, 0.2) is 5.78 Å². The smallest absolute Gasteiger partial charge is 0.177 e. The second-order valence-corrected chi connectivity index (χ2v) is 7.08. The molecule has 2 heterocycles. The molecule has 1 saturated heterocycles. The van der Waals surface area contributed by atoms with Crippen LogP contribution in [0.2, 0.25) is 0 Å². The van der Waals surface area contributed by atoms with Crippen LogP contribution in [0.4, 0.5) is 0 Å². The predicted molar refractivity (Wildman–Crippen MR) is 83.8 cm³/mol. The van der Waals surface area contributed by atoms with Crippen molar-refractivity contribution in [3.05, 3.63) is 21.4 Å². The summed E-state index contributed by atoms with van der Waals surface area (Å²) < 4.78 is 5.83. The van der Waals surface area contributed by atoms with Crippen LogP contribution in [0.3, 0.4) is 0 Å². The normalized spacial score (nSPS) is 20.2. The van der Waals surface area contributed by atoms with Crippen LogP contribution < -0.4 is 0 Å². The lowest BCUT2D eigenvalue weighted by Gasteiger charge is -2.32. The van der Waals surface area contributed by atoms with Gasteiger partial charge in [0.25, 0.3) is 0 Å². The lowest BCUT2D eigenvalue weighted by molar-refractivity contribution is 0.00131. The average Bonchev–Trinajstić information content (AvgIpc) is 2.76. The molecule has 1 aliphatic rings. The minimum absolute atomic E-state index is 0.253. The van der Waals surface area contributed by atoms with Gasteiger partial charge in [-0.2, -0.15) is 0 Å². The van der Waals surface area contributed by atoms with Gasteiger partial charge >= 0.3 is 0 Å². The fraction of sp³-hybridized carbons (Fsp3) is 0.688. The van der Waals surface area contributed by atoms with Crippen LogP contribution in [0.15, 0.2) is 6.07 Å². The first-order valence-electron chi connectivity index (χ1n) is 7.54. The quantitative estimate of drug-likeness (QED) is 0.753. The fourth-order valence-electron chi connectivity index (χ4n) is 2.77. The molecule has 2 rings (SSSR count). The monoisotopic (exact) mass is 295 g/mol. The number of hydrogen-bond acceptors (Lipinski definition) is 4. The maximum Gasteiger partial charge on any atom is 0.177 e. The molecule has 0 spiro atoms. The summed E-state index contributed by atoms with van der Waals surface area (Å²) in [4.78, 5) is 17.0. The molecule has 3 nitrogen and oxygen atoms in total. The highest BCUT2D eigenvalue weighted by molar-refractivity contribution is 7.12. The van der Waals surface area contributed by atoms with Gasteiger partial charge in [-0.3, -0.25) is 9.69 Å². The molecule has 1 aromatic heterocycles. The molecule has 20 heavy (non-hydrogen) atoms. The molecule has 1 aliphatic heterocycles. The van der Waals surface area contributed by atoms with E-state index in [1.165, 1.54) is 4.88 Å². The van der Waals surface area contributed by atoms with E-state index < -0.39 is 0 Å². The van der Waals surface area contributed by atoms with E-state index in [0.29, 0.717) is 12.6 Å². The number of hydrogen-bond donors (Lipinski definition) is 0. The highest BCUT2D eigenvalue weighted by Crippen LogP contribution is 2.22. The van der Waals surface area contributed by atoms with Crippen LogP contribution in [-0.4, -0.2) is 43.0 Å². The number of nitrogens with zero attached hydrogens (tertiary/aromatic N) is 1. The number of likely N-dealkylation sites (tertiary alicyclic amines) is 1. The van der Waals surface area contributed by atoms with Gasteiger partial charge < -0.3 is 4.74 Å². The molecule has 112 valence electrons. The topological polar surface area (TPSA) is 29.5 Å². The summed E-state index contributed by atoms with van der Waals surface area (Å²) in [6.07, 6.45) is 3.62. The molecule has 1 unspecified atom stereocenters. The first-order valence-corrected chi connectivity index (χ1v) is 8.36. The summed E-state index contributed by atoms with van der Waals surface area (Å²) in [6, 6.07) is 2.03. The second kappa shape index (κ2) is 7.34. The van der Waals surface area contributed by atoms with Gasteiger partial charge in [-0.1, -0.05) is 6.92 Å². The Labute approximate surface area is 125 Å².